The predicted molar refractivity (Wildman–Crippen MR) is 69.7 cm³/mol. The fourth-order valence-corrected chi connectivity index (χ4v) is 1.81. The molecule has 1 aliphatic rings. The molecule has 0 radical (unpaired) electrons. The van der Waals surface area contributed by atoms with E-state index < -0.39 is 17.5 Å². The Hall–Kier alpha value is -2.67. The van der Waals surface area contributed by atoms with Crippen LogP contribution in [0.2, 0.25) is 0 Å². The van der Waals surface area contributed by atoms with Crippen molar-refractivity contribution in [3.05, 3.63) is 47.7 Å². The van der Waals surface area contributed by atoms with E-state index in [9.17, 15) is 9.59 Å². The summed E-state index contributed by atoms with van der Waals surface area (Å²) >= 11 is 0. The first kappa shape index (κ1) is 12.8. The lowest BCUT2D eigenvalue weighted by Gasteiger charge is -2.30. The minimum atomic E-state index is -1.40. The van der Waals surface area contributed by atoms with E-state index in [0.717, 1.165) is 0 Å². The number of amides is 1. The van der Waals surface area contributed by atoms with E-state index in [1.54, 1.807) is 18.2 Å². The molecule has 1 aromatic carbocycles. The van der Waals surface area contributed by atoms with Crippen LogP contribution in [0.15, 0.2) is 41.5 Å². The average molecular weight is 259 g/mol. The van der Waals surface area contributed by atoms with Gasteiger partial charge in [0.1, 0.15) is 5.84 Å². The van der Waals surface area contributed by atoms with Gasteiger partial charge in [-0.1, -0.05) is 24.3 Å². The summed E-state index contributed by atoms with van der Waals surface area (Å²) in [6.45, 7) is 0. The van der Waals surface area contributed by atoms with Gasteiger partial charge >= 0.3 is 0 Å². The summed E-state index contributed by atoms with van der Waals surface area (Å²) in [4.78, 5) is 26.9. The highest BCUT2D eigenvalue weighted by atomic mass is 16.2. The minimum Gasteiger partial charge on any atom is -0.384 e. The van der Waals surface area contributed by atoms with Crippen LogP contribution in [0.1, 0.15) is 15.9 Å². The molecule has 1 atom stereocenters. The molecular formula is C12H13N5O2. The summed E-state index contributed by atoms with van der Waals surface area (Å²) in [5, 5.41) is 2.80. The maximum absolute atomic E-state index is 11.8. The third-order valence-electron chi connectivity index (χ3n) is 2.67. The Bertz CT molecular complexity index is 608. The van der Waals surface area contributed by atoms with Crippen LogP contribution in [-0.2, 0) is 10.6 Å². The highest BCUT2D eigenvalue weighted by Crippen LogP contribution is 2.23. The Morgan fingerprint density at radius 2 is 1.95 bits per heavy atom. The van der Waals surface area contributed by atoms with E-state index in [1.807, 2.05) is 0 Å². The second-order valence-corrected chi connectivity index (χ2v) is 4.02. The monoisotopic (exact) mass is 259 g/mol. The summed E-state index contributed by atoms with van der Waals surface area (Å²) in [5.41, 5.74) is 17.1. The number of nitrogens with zero attached hydrogens (tertiary/aromatic N) is 1. The summed E-state index contributed by atoms with van der Waals surface area (Å²) in [7, 11) is 0. The Morgan fingerprint density at radius 3 is 2.58 bits per heavy atom. The predicted octanol–water partition coefficient (Wildman–Crippen LogP) is -1.10. The van der Waals surface area contributed by atoms with Gasteiger partial charge in [-0.15, -0.1) is 0 Å². The van der Waals surface area contributed by atoms with Gasteiger partial charge in [-0.3, -0.25) is 15.3 Å². The Labute approximate surface area is 109 Å². The second kappa shape index (κ2) is 4.54. The van der Waals surface area contributed by atoms with Gasteiger partial charge in [0.15, 0.2) is 0 Å². The number of Topliss-reactive ketones (excluding diaryl/α,β-unsaturated/α-hetero) is 1. The fourth-order valence-electron chi connectivity index (χ4n) is 1.81. The van der Waals surface area contributed by atoms with Crippen LogP contribution in [-0.4, -0.2) is 17.5 Å². The molecule has 0 saturated heterocycles. The Kier molecular flexibility index (Phi) is 3.05. The molecule has 1 heterocycles. The van der Waals surface area contributed by atoms with Crippen molar-refractivity contribution in [1.82, 2.24) is 5.32 Å². The van der Waals surface area contributed by atoms with Crippen molar-refractivity contribution < 1.29 is 9.59 Å². The van der Waals surface area contributed by atoms with Gasteiger partial charge in [-0.05, 0) is 6.08 Å². The lowest BCUT2D eigenvalue weighted by atomic mass is 9.97. The topological polar surface area (TPSA) is 137 Å². The first-order valence-electron chi connectivity index (χ1n) is 5.46. The Balaban J connectivity index is 2.55. The zero-order valence-electron chi connectivity index (χ0n) is 9.96. The molecule has 0 spiro atoms. The molecule has 0 fully saturated rings. The van der Waals surface area contributed by atoms with Gasteiger partial charge in [-0.25, -0.2) is 4.99 Å². The van der Waals surface area contributed by atoms with Crippen molar-refractivity contribution in [3.63, 3.8) is 0 Å². The first-order chi connectivity index (χ1) is 8.94. The van der Waals surface area contributed by atoms with Gasteiger partial charge in [0.25, 0.3) is 5.91 Å². The number of amidine groups is 1. The third kappa shape index (κ3) is 2.31. The van der Waals surface area contributed by atoms with E-state index in [0.29, 0.717) is 5.56 Å². The molecule has 7 nitrogen and oxygen atoms in total. The van der Waals surface area contributed by atoms with Crippen molar-refractivity contribution >= 4 is 17.5 Å². The standard InChI is InChI=1S/C12H13N5O2/c13-9-5-6-16-12(15,17-9)8-4-2-1-3-7(8)10(18)11(14)19/h1-6,16H,15H2,(H2,13,17)(H2,14,19). The van der Waals surface area contributed by atoms with Crippen LogP contribution in [0.5, 0.6) is 0 Å². The smallest absolute Gasteiger partial charge is 0.289 e. The fraction of sp³-hybridized carbons (Fsp3) is 0.0833. The SMILES string of the molecule is NC(=O)C(=O)c1ccccc1C1(N)N=C(N)C=CN1. The molecule has 0 bridgehead atoms. The maximum Gasteiger partial charge on any atom is 0.289 e. The van der Waals surface area contributed by atoms with Gasteiger partial charge in [0.2, 0.25) is 11.6 Å². The first-order valence-corrected chi connectivity index (χ1v) is 5.46. The molecule has 7 heteroatoms. The lowest BCUT2D eigenvalue weighted by molar-refractivity contribution is -0.114. The Morgan fingerprint density at radius 1 is 1.26 bits per heavy atom. The maximum atomic E-state index is 11.8. The molecule has 98 valence electrons. The number of hydrogen-bond donors (Lipinski definition) is 4. The molecular weight excluding hydrogens is 246 g/mol. The molecule has 19 heavy (non-hydrogen) atoms. The van der Waals surface area contributed by atoms with Crippen LogP contribution in [0, 0.1) is 0 Å². The molecule has 1 aromatic rings. The van der Waals surface area contributed by atoms with Crippen molar-refractivity contribution in [2.24, 2.45) is 22.2 Å². The summed E-state index contributed by atoms with van der Waals surface area (Å²) < 4.78 is 0. The van der Waals surface area contributed by atoms with Crippen LogP contribution in [0.25, 0.3) is 0 Å². The molecule has 1 unspecified atom stereocenters. The summed E-state index contributed by atoms with van der Waals surface area (Å²) in [6, 6.07) is 6.32. The number of nitrogens with one attached hydrogen (secondary N) is 1. The normalized spacial score (nSPS) is 21.4. The summed E-state index contributed by atoms with van der Waals surface area (Å²) in [5.74, 6) is -3.08. The third-order valence-corrected chi connectivity index (χ3v) is 2.67. The van der Waals surface area contributed by atoms with Crippen LogP contribution < -0.4 is 22.5 Å². The number of primary amides is 1. The van der Waals surface area contributed by atoms with Crippen LogP contribution in [0.4, 0.5) is 0 Å². The number of hydrogen-bond acceptors (Lipinski definition) is 6. The quantitative estimate of drug-likeness (QED) is 0.403. The molecule has 1 aliphatic heterocycles. The highest BCUT2D eigenvalue weighted by molar-refractivity contribution is 6.42. The number of benzene rings is 1. The number of aliphatic imine (C=N–C) groups is 1. The highest BCUT2D eigenvalue weighted by Gasteiger charge is 2.32. The molecule has 1 amide bonds. The van der Waals surface area contributed by atoms with E-state index in [2.05, 4.69) is 10.3 Å². The second-order valence-electron chi connectivity index (χ2n) is 4.02. The zero-order valence-corrected chi connectivity index (χ0v) is 9.96. The minimum absolute atomic E-state index is 0.0943. The average Bonchev–Trinajstić information content (AvgIpc) is 2.37. The molecule has 0 saturated carbocycles. The number of carbonyl (C=O) groups excluding carboxylic acids is 2. The van der Waals surface area contributed by atoms with Crippen LogP contribution >= 0.6 is 0 Å². The van der Waals surface area contributed by atoms with Gasteiger partial charge in [0.05, 0.1) is 0 Å². The number of nitrogens with two attached hydrogens (primary N) is 3. The molecule has 7 N–H and O–H groups in total. The molecule has 0 aliphatic carbocycles. The zero-order chi connectivity index (χ0) is 14.0. The molecule has 0 aromatic heterocycles. The van der Waals surface area contributed by atoms with Gasteiger partial charge < -0.3 is 16.8 Å². The van der Waals surface area contributed by atoms with E-state index in [-0.39, 0.29) is 11.4 Å². The van der Waals surface area contributed by atoms with Gasteiger partial charge in [0, 0.05) is 17.3 Å². The van der Waals surface area contributed by atoms with Crippen LogP contribution in [0.3, 0.4) is 0 Å². The number of rotatable bonds is 3. The number of carbonyl (C=O) groups is 2. The van der Waals surface area contributed by atoms with E-state index >= 15 is 0 Å². The van der Waals surface area contributed by atoms with Crippen molar-refractivity contribution in [2.75, 3.05) is 0 Å². The van der Waals surface area contributed by atoms with Gasteiger partial charge in [-0.2, -0.15) is 0 Å². The summed E-state index contributed by atoms with van der Waals surface area (Å²) in [6.07, 6.45) is 3.05. The van der Waals surface area contributed by atoms with Crippen molar-refractivity contribution in [2.45, 2.75) is 5.79 Å². The lowest BCUT2D eigenvalue weighted by Crippen LogP contribution is -2.50. The molecule has 2 rings (SSSR count). The van der Waals surface area contributed by atoms with Crippen molar-refractivity contribution in [1.29, 1.82) is 0 Å². The van der Waals surface area contributed by atoms with E-state index in [1.165, 1.54) is 18.3 Å². The largest absolute Gasteiger partial charge is 0.384 e. The van der Waals surface area contributed by atoms with E-state index in [4.69, 9.17) is 17.2 Å². The number of ketones is 1. The van der Waals surface area contributed by atoms with Crippen molar-refractivity contribution in [3.8, 4) is 0 Å².